The number of nitrogens with one attached hydrogen (secondary N) is 1. The summed E-state index contributed by atoms with van der Waals surface area (Å²) in [6.07, 6.45) is -3.47. The standard InChI is InChI=1S/C10H9ClF3N.ClH/c11-8-4-6(9-1-2-15-9)3-7(5-8)10(12,13)14;/h3-5,9,15H,1-2H2;1H/t9-;/m0./s1. The molecular formula is C10H10Cl2F3N. The van der Waals surface area contributed by atoms with Crippen LogP contribution in [0.3, 0.4) is 0 Å². The van der Waals surface area contributed by atoms with Gasteiger partial charge in [0.15, 0.2) is 0 Å². The second-order valence-electron chi connectivity index (χ2n) is 3.57. The van der Waals surface area contributed by atoms with Crippen LogP contribution >= 0.6 is 24.0 Å². The Balaban J connectivity index is 0.00000128. The van der Waals surface area contributed by atoms with E-state index >= 15 is 0 Å². The molecule has 2 rings (SSSR count). The van der Waals surface area contributed by atoms with E-state index in [0.29, 0.717) is 5.56 Å². The minimum absolute atomic E-state index is 0. The van der Waals surface area contributed by atoms with Gasteiger partial charge in [0, 0.05) is 11.1 Å². The van der Waals surface area contributed by atoms with Gasteiger partial charge in [-0.15, -0.1) is 12.4 Å². The van der Waals surface area contributed by atoms with Crippen molar-refractivity contribution >= 4 is 24.0 Å². The molecule has 6 heteroatoms. The van der Waals surface area contributed by atoms with Crippen molar-refractivity contribution < 1.29 is 13.2 Å². The van der Waals surface area contributed by atoms with Gasteiger partial charge < -0.3 is 5.32 Å². The SMILES string of the molecule is Cl.FC(F)(F)c1cc(Cl)cc([C@@H]2CCN2)c1. The number of halogens is 5. The fourth-order valence-electron chi connectivity index (χ4n) is 1.55. The summed E-state index contributed by atoms with van der Waals surface area (Å²) in [5.74, 6) is 0. The first kappa shape index (κ1) is 13.6. The normalized spacial score (nSPS) is 19.9. The monoisotopic (exact) mass is 271 g/mol. The van der Waals surface area contributed by atoms with E-state index in [-0.39, 0.29) is 23.5 Å². The van der Waals surface area contributed by atoms with E-state index in [2.05, 4.69) is 5.32 Å². The van der Waals surface area contributed by atoms with Crippen molar-refractivity contribution in [1.29, 1.82) is 0 Å². The van der Waals surface area contributed by atoms with Crippen LogP contribution < -0.4 is 5.32 Å². The van der Waals surface area contributed by atoms with E-state index in [1.165, 1.54) is 0 Å². The second-order valence-corrected chi connectivity index (χ2v) is 4.00. The van der Waals surface area contributed by atoms with E-state index < -0.39 is 11.7 Å². The molecular weight excluding hydrogens is 262 g/mol. The second kappa shape index (κ2) is 4.82. The molecule has 1 aromatic rings. The molecule has 0 aliphatic carbocycles. The topological polar surface area (TPSA) is 12.0 Å². The number of rotatable bonds is 1. The summed E-state index contributed by atoms with van der Waals surface area (Å²) in [6, 6.07) is 3.70. The molecule has 1 atom stereocenters. The zero-order valence-corrected chi connectivity index (χ0v) is 9.72. The first-order valence-corrected chi connectivity index (χ1v) is 4.96. The molecule has 1 aliphatic rings. The van der Waals surface area contributed by atoms with Gasteiger partial charge in [-0.2, -0.15) is 13.2 Å². The number of hydrogen-bond donors (Lipinski definition) is 1. The maximum Gasteiger partial charge on any atom is 0.416 e. The lowest BCUT2D eigenvalue weighted by molar-refractivity contribution is -0.137. The van der Waals surface area contributed by atoms with Gasteiger partial charge in [-0.05, 0) is 36.7 Å². The molecule has 1 nitrogen and oxygen atoms in total. The first-order valence-electron chi connectivity index (χ1n) is 4.58. The van der Waals surface area contributed by atoms with Gasteiger partial charge >= 0.3 is 6.18 Å². The van der Waals surface area contributed by atoms with Gasteiger partial charge in [0.2, 0.25) is 0 Å². The third-order valence-corrected chi connectivity index (χ3v) is 2.69. The highest BCUT2D eigenvalue weighted by Gasteiger charge is 2.32. The molecule has 0 saturated carbocycles. The lowest BCUT2D eigenvalue weighted by Gasteiger charge is -2.28. The van der Waals surface area contributed by atoms with Gasteiger partial charge in [0.05, 0.1) is 5.56 Å². The fraction of sp³-hybridized carbons (Fsp3) is 0.400. The van der Waals surface area contributed by atoms with E-state index in [4.69, 9.17) is 11.6 Å². The number of hydrogen-bond acceptors (Lipinski definition) is 1. The molecule has 0 aromatic heterocycles. The minimum Gasteiger partial charge on any atom is -0.310 e. The third kappa shape index (κ3) is 2.81. The number of alkyl halides is 3. The van der Waals surface area contributed by atoms with Crippen LogP contribution in [0.4, 0.5) is 13.2 Å². The van der Waals surface area contributed by atoms with E-state index in [1.54, 1.807) is 6.07 Å². The van der Waals surface area contributed by atoms with E-state index in [9.17, 15) is 13.2 Å². The fourth-order valence-corrected chi connectivity index (χ4v) is 1.79. The summed E-state index contributed by atoms with van der Waals surface area (Å²) < 4.78 is 37.4. The first-order chi connectivity index (χ1) is 6.97. The zero-order valence-electron chi connectivity index (χ0n) is 8.14. The van der Waals surface area contributed by atoms with Gasteiger partial charge in [-0.1, -0.05) is 11.6 Å². The van der Waals surface area contributed by atoms with Crippen molar-refractivity contribution in [2.24, 2.45) is 0 Å². The molecule has 1 N–H and O–H groups in total. The summed E-state index contributed by atoms with van der Waals surface area (Å²) in [5, 5.41) is 3.17. The van der Waals surface area contributed by atoms with Crippen LogP contribution in [0.2, 0.25) is 5.02 Å². The summed E-state index contributed by atoms with van der Waals surface area (Å²) in [5.41, 5.74) is -0.0697. The van der Waals surface area contributed by atoms with Crippen molar-refractivity contribution in [3.05, 3.63) is 34.3 Å². The van der Waals surface area contributed by atoms with Crippen LogP contribution in [0, 0.1) is 0 Å². The van der Waals surface area contributed by atoms with Crippen LogP contribution in [0.1, 0.15) is 23.6 Å². The summed E-state index contributed by atoms with van der Waals surface area (Å²) in [7, 11) is 0. The molecule has 0 unspecified atom stereocenters. The van der Waals surface area contributed by atoms with Gasteiger partial charge in [0.25, 0.3) is 0 Å². The maximum absolute atomic E-state index is 12.5. The summed E-state index contributed by atoms with van der Waals surface area (Å²) in [4.78, 5) is 0. The molecule has 1 saturated heterocycles. The molecule has 0 amide bonds. The highest BCUT2D eigenvalue weighted by Crippen LogP contribution is 2.34. The number of benzene rings is 1. The summed E-state index contributed by atoms with van der Waals surface area (Å²) >= 11 is 5.65. The van der Waals surface area contributed by atoms with Gasteiger partial charge in [-0.3, -0.25) is 0 Å². The zero-order chi connectivity index (χ0) is 11.1. The Kier molecular flexibility index (Phi) is 4.10. The Labute approximate surface area is 102 Å². The van der Waals surface area contributed by atoms with Crippen molar-refractivity contribution in [1.82, 2.24) is 5.32 Å². The molecule has 1 aliphatic heterocycles. The molecule has 0 radical (unpaired) electrons. The molecule has 0 spiro atoms. The predicted molar refractivity (Wildman–Crippen MR) is 59.1 cm³/mol. The average molecular weight is 272 g/mol. The van der Waals surface area contributed by atoms with Crippen molar-refractivity contribution in [3.8, 4) is 0 Å². The average Bonchev–Trinajstić information content (AvgIpc) is 1.97. The molecule has 1 fully saturated rings. The van der Waals surface area contributed by atoms with E-state index in [0.717, 1.165) is 25.1 Å². The van der Waals surface area contributed by atoms with Gasteiger partial charge in [-0.25, -0.2) is 0 Å². The van der Waals surface area contributed by atoms with Crippen molar-refractivity contribution in [2.45, 2.75) is 18.6 Å². The summed E-state index contributed by atoms with van der Waals surface area (Å²) in [6.45, 7) is 0.846. The quantitative estimate of drug-likeness (QED) is 0.819. The van der Waals surface area contributed by atoms with Crippen LogP contribution in [-0.2, 0) is 6.18 Å². The third-order valence-electron chi connectivity index (χ3n) is 2.47. The van der Waals surface area contributed by atoms with E-state index in [1.807, 2.05) is 0 Å². The Bertz CT molecular complexity index is 375. The molecule has 90 valence electrons. The van der Waals surface area contributed by atoms with Crippen LogP contribution in [0.15, 0.2) is 18.2 Å². The highest BCUT2D eigenvalue weighted by molar-refractivity contribution is 6.30. The molecule has 1 aromatic carbocycles. The van der Waals surface area contributed by atoms with Crippen LogP contribution in [-0.4, -0.2) is 6.54 Å². The lowest BCUT2D eigenvalue weighted by atomic mass is 9.96. The van der Waals surface area contributed by atoms with Crippen molar-refractivity contribution in [3.63, 3.8) is 0 Å². The Morgan fingerprint density at radius 1 is 1.25 bits per heavy atom. The molecule has 1 heterocycles. The Hall–Kier alpha value is -0.450. The highest BCUT2D eigenvalue weighted by atomic mass is 35.5. The van der Waals surface area contributed by atoms with Crippen LogP contribution in [0.5, 0.6) is 0 Å². The minimum atomic E-state index is -4.33. The maximum atomic E-state index is 12.5. The lowest BCUT2D eigenvalue weighted by Crippen LogP contribution is -2.35. The Morgan fingerprint density at radius 2 is 1.88 bits per heavy atom. The van der Waals surface area contributed by atoms with Crippen molar-refractivity contribution in [2.75, 3.05) is 6.54 Å². The predicted octanol–water partition coefficient (Wildman–Crippen LogP) is 3.82. The largest absolute Gasteiger partial charge is 0.416 e. The van der Waals surface area contributed by atoms with Crippen LogP contribution in [0.25, 0.3) is 0 Å². The molecule has 0 bridgehead atoms. The van der Waals surface area contributed by atoms with Gasteiger partial charge in [0.1, 0.15) is 0 Å². The smallest absolute Gasteiger partial charge is 0.310 e. The Morgan fingerprint density at radius 3 is 2.31 bits per heavy atom. The molecule has 16 heavy (non-hydrogen) atoms.